The molecule has 3 aliphatic heterocycles. The van der Waals surface area contributed by atoms with E-state index in [0.29, 0.717) is 35.6 Å². The zero-order valence-electron chi connectivity index (χ0n) is 20.2. The minimum absolute atomic E-state index is 0.0666. The van der Waals surface area contributed by atoms with Crippen molar-refractivity contribution in [2.24, 2.45) is 0 Å². The minimum atomic E-state index is -1.84. The van der Waals surface area contributed by atoms with Gasteiger partial charge >= 0.3 is 5.97 Å². The predicted molar refractivity (Wildman–Crippen MR) is 132 cm³/mol. The maximum absolute atomic E-state index is 13.5. The zero-order valence-corrected chi connectivity index (χ0v) is 20.2. The van der Waals surface area contributed by atoms with Crippen LogP contribution in [0.5, 0.6) is 0 Å². The average molecular weight is 492 g/mol. The second-order valence-corrected chi connectivity index (χ2v) is 9.62. The van der Waals surface area contributed by atoms with Crippen LogP contribution in [-0.2, 0) is 34.8 Å². The van der Waals surface area contributed by atoms with Crippen LogP contribution in [0.3, 0.4) is 0 Å². The number of esters is 1. The molecule has 3 aliphatic rings. The number of pyridine rings is 2. The van der Waals surface area contributed by atoms with Gasteiger partial charge in [0.15, 0.2) is 5.60 Å². The fraction of sp³-hybridized carbons (Fsp3) is 0.423. The van der Waals surface area contributed by atoms with Crippen LogP contribution in [0.1, 0.15) is 35.6 Å². The van der Waals surface area contributed by atoms with Gasteiger partial charge in [0.05, 0.1) is 35.7 Å². The Labute approximate surface area is 207 Å². The summed E-state index contributed by atoms with van der Waals surface area (Å²) in [5.41, 5.74) is 6.23. The summed E-state index contributed by atoms with van der Waals surface area (Å²) in [6, 6.07) is 9.67. The molecule has 6 rings (SSSR count). The number of hydrogen-bond acceptors (Lipinski definition) is 9. The smallest absolute Gasteiger partial charge is 0.343 e. The zero-order chi connectivity index (χ0) is 25.0. The van der Waals surface area contributed by atoms with E-state index in [1.165, 1.54) is 0 Å². The Bertz CT molecular complexity index is 1430. The van der Waals surface area contributed by atoms with Gasteiger partial charge in [-0.2, -0.15) is 0 Å². The molecule has 0 bridgehead atoms. The molecule has 36 heavy (non-hydrogen) atoms. The summed E-state index contributed by atoms with van der Waals surface area (Å²) >= 11 is 0. The Morgan fingerprint density at radius 2 is 1.92 bits per heavy atom. The van der Waals surface area contributed by atoms with E-state index in [2.05, 4.69) is 10.4 Å². The van der Waals surface area contributed by atoms with Crippen LogP contribution in [-0.4, -0.2) is 68.6 Å². The molecule has 1 fully saturated rings. The van der Waals surface area contributed by atoms with E-state index in [1.807, 2.05) is 29.2 Å². The molecule has 0 radical (unpaired) electrons. The summed E-state index contributed by atoms with van der Waals surface area (Å²) in [4.78, 5) is 32.9. The molecule has 1 saturated heterocycles. The molecule has 10 nitrogen and oxygen atoms in total. The lowest BCUT2D eigenvalue weighted by Crippen LogP contribution is -2.51. The van der Waals surface area contributed by atoms with Gasteiger partial charge in [-0.3, -0.25) is 15.1 Å². The second kappa shape index (κ2) is 8.75. The van der Waals surface area contributed by atoms with Crippen molar-refractivity contribution in [1.29, 1.82) is 0 Å². The number of cyclic esters (lactones) is 1. The van der Waals surface area contributed by atoms with Crippen LogP contribution in [0.25, 0.3) is 22.3 Å². The number of piperazine rings is 1. The largest absolute Gasteiger partial charge is 0.458 e. The number of fused-ring (bicyclic) bond motifs is 5. The van der Waals surface area contributed by atoms with E-state index in [0.717, 1.165) is 48.2 Å². The number of aliphatic hydroxyl groups is 2. The molecule has 3 aromatic rings. The summed E-state index contributed by atoms with van der Waals surface area (Å²) in [7, 11) is 0. The van der Waals surface area contributed by atoms with E-state index in [9.17, 15) is 19.8 Å². The van der Waals surface area contributed by atoms with Gasteiger partial charge in [-0.25, -0.2) is 14.8 Å². The number of carbonyl (C=O) groups is 1. The topological polar surface area (TPSA) is 120 Å². The van der Waals surface area contributed by atoms with Crippen molar-refractivity contribution < 1.29 is 19.7 Å². The molecule has 2 aromatic heterocycles. The first kappa shape index (κ1) is 23.3. The van der Waals surface area contributed by atoms with Crippen molar-refractivity contribution in [1.82, 2.24) is 24.9 Å². The molecule has 10 heteroatoms. The lowest BCUT2D eigenvalue weighted by molar-refractivity contribution is -0.172. The maximum atomic E-state index is 13.5. The lowest BCUT2D eigenvalue weighted by Gasteiger charge is -2.33. The Kier molecular flexibility index (Phi) is 5.66. The van der Waals surface area contributed by atoms with E-state index in [4.69, 9.17) is 9.72 Å². The van der Waals surface area contributed by atoms with Gasteiger partial charge in [-0.05, 0) is 24.1 Å². The molecule has 0 saturated carbocycles. The molecule has 0 unspecified atom stereocenters. The fourth-order valence-electron chi connectivity index (χ4n) is 5.55. The van der Waals surface area contributed by atoms with Gasteiger partial charge in [0.1, 0.15) is 6.61 Å². The number of ether oxygens (including phenoxy) is 1. The average Bonchev–Trinajstić information content (AvgIpc) is 3.28. The molecular weight excluding hydrogens is 462 g/mol. The van der Waals surface area contributed by atoms with Gasteiger partial charge in [-0.1, -0.05) is 25.1 Å². The maximum Gasteiger partial charge on any atom is 0.343 e. The number of carbonyl (C=O) groups excluding carboxylic acids is 1. The summed E-state index contributed by atoms with van der Waals surface area (Å²) in [5, 5.41) is 23.7. The standard InChI is InChI=1S/C26H29N5O5/c1-2-26(35)20-11-22-23-18(13-31(22)24(33)19(20)14-36-25(26)34)17(16-5-3-4-6-21(16)28-23)12-27-30-9-7-29(15-32)8-10-30/h3-6,11,27,32,35H,2,7-10,12-15H2,1H3/t26-/m0/s1. The SMILES string of the molecule is CC[C@@]1(O)C(=O)OCc2c1cc1n(c2=O)Cc2c-1nc1ccccc1c2CNN1CCN(CO)CC1. The highest BCUT2D eigenvalue weighted by Crippen LogP contribution is 2.40. The van der Waals surface area contributed by atoms with Crippen molar-refractivity contribution in [3.8, 4) is 11.4 Å². The normalized spacial score (nSPS) is 21.8. The molecule has 188 valence electrons. The third kappa shape index (κ3) is 3.48. The van der Waals surface area contributed by atoms with E-state index in [1.54, 1.807) is 17.6 Å². The number of rotatable bonds is 5. The molecule has 3 N–H and O–H groups in total. The number of nitrogens with one attached hydrogen (secondary N) is 1. The number of hydrazine groups is 1. The first-order valence-electron chi connectivity index (χ1n) is 12.3. The molecule has 1 atom stereocenters. The molecule has 0 aliphatic carbocycles. The number of aromatic nitrogens is 2. The highest BCUT2D eigenvalue weighted by Gasteiger charge is 2.45. The first-order valence-corrected chi connectivity index (χ1v) is 12.3. The van der Waals surface area contributed by atoms with Gasteiger partial charge in [0.2, 0.25) is 0 Å². The van der Waals surface area contributed by atoms with Crippen LogP contribution in [0.15, 0.2) is 35.1 Å². The third-order valence-electron chi connectivity index (χ3n) is 7.76. The van der Waals surface area contributed by atoms with Gasteiger partial charge in [0, 0.05) is 49.2 Å². The number of para-hydroxylation sites is 1. The minimum Gasteiger partial charge on any atom is -0.458 e. The number of hydrogen-bond donors (Lipinski definition) is 3. The number of benzene rings is 1. The summed E-state index contributed by atoms with van der Waals surface area (Å²) in [5.74, 6) is -0.724. The summed E-state index contributed by atoms with van der Waals surface area (Å²) in [6.07, 6.45) is 0.110. The van der Waals surface area contributed by atoms with Crippen LogP contribution in [0.2, 0.25) is 0 Å². The summed E-state index contributed by atoms with van der Waals surface area (Å²) in [6.45, 7) is 5.70. The second-order valence-electron chi connectivity index (χ2n) is 9.62. The molecular formula is C26H29N5O5. The molecule has 1 aromatic carbocycles. The summed E-state index contributed by atoms with van der Waals surface area (Å²) < 4.78 is 6.86. The van der Waals surface area contributed by atoms with E-state index < -0.39 is 11.6 Å². The van der Waals surface area contributed by atoms with Crippen molar-refractivity contribution >= 4 is 16.9 Å². The Hall–Kier alpha value is -3.15. The van der Waals surface area contributed by atoms with Crippen LogP contribution in [0, 0.1) is 0 Å². The fourth-order valence-corrected chi connectivity index (χ4v) is 5.55. The lowest BCUT2D eigenvalue weighted by atomic mass is 9.86. The van der Waals surface area contributed by atoms with E-state index in [-0.39, 0.29) is 25.3 Å². The van der Waals surface area contributed by atoms with Crippen molar-refractivity contribution in [3.63, 3.8) is 0 Å². The Morgan fingerprint density at radius 3 is 2.67 bits per heavy atom. The third-order valence-corrected chi connectivity index (χ3v) is 7.76. The first-order chi connectivity index (χ1) is 17.4. The highest BCUT2D eigenvalue weighted by molar-refractivity contribution is 5.89. The molecule has 5 heterocycles. The van der Waals surface area contributed by atoms with E-state index >= 15 is 0 Å². The Balaban J connectivity index is 1.44. The van der Waals surface area contributed by atoms with Crippen molar-refractivity contribution in [2.75, 3.05) is 32.9 Å². The van der Waals surface area contributed by atoms with Crippen LogP contribution in [0.4, 0.5) is 0 Å². The Morgan fingerprint density at radius 1 is 1.14 bits per heavy atom. The van der Waals surface area contributed by atoms with Crippen LogP contribution >= 0.6 is 0 Å². The quantitative estimate of drug-likeness (QED) is 0.346. The number of aliphatic hydroxyl groups excluding tert-OH is 1. The van der Waals surface area contributed by atoms with Crippen molar-refractivity contribution in [3.05, 3.63) is 62.9 Å². The monoisotopic (exact) mass is 491 g/mol. The van der Waals surface area contributed by atoms with Gasteiger partial charge in [0.25, 0.3) is 5.56 Å². The van der Waals surface area contributed by atoms with Crippen LogP contribution < -0.4 is 11.0 Å². The molecule has 0 amide bonds. The van der Waals surface area contributed by atoms with Gasteiger partial charge in [-0.15, -0.1) is 0 Å². The number of nitrogens with zero attached hydrogens (tertiary/aromatic N) is 4. The van der Waals surface area contributed by atoms with Crippen molar-refractivity contribution in [2.45, 2.75) is 38.6 Å². The molecule has 0 spiro atoms. The van der Waals surface area contributed by atoms with Gasteiger partial charge < -0.3 is 19.5 Å². The predicted octanol–water partition coefficient (Wildman–Crippen LogP) is 0.652. The highest BCUT2D eigenvalue weighted by atomic mass is 16.6.